The standard InChI is InChI=1S/C13H15ClN2O/c1-2-3-4-11-9-13(17)16(15-11)12-7-5-10(14)6-8-12/h5-8H,2-4,9H2,1H3. The Morgan fingerprint density at radius 3 is 2.71 bits per heavy atom. The number of anilines is 1. The van der Waals surface area contributed by atoms with Crippen molar-refractivity contribution in [1.29, 1.82) is 0 Å². The van der Waals surface area contributed by atoms with Gasteiger partial charge in [0.2, 0.25) is 0 Å². The number of rotatable bonds is 4. The molecule has 0 fully saturated rings. The predicted molar refractivity (Wildman–Crippen MR) is 70.5 cm³/mol. The van der Waals surface area contributed by atoms with Gasteiger partial charge in [0.1, 0.15) is 0 Å². The maximum Gasteiger partial charge on any atom is 0.253 e. The molecule has 0 atom stereocenters. The summed E-state index contributed by atoms with van der Waals surface area (Å²) in [5.74, 6) is 0.0402. The molecule has 90 valence electrons. The Hall–Kier alpha value is -1.35. The van der Waals surface area contributed by atoms with Crippen molar-refractivity contribution in [3.05, 3.63) is 29.3 Å². The van der Waals surface area contributed by atoms with Crippen molar-refractivity contribution in [2.45, 2.75) is 32.6 Å². The van der Waals surface area contributed by atoms with Gasteiger partial charge in [-0.1, -0.05) is 24.9 Å². The van der Waals surface area contributed by atoms with Gasteiger partial charge in [0, 0.05) is 10.7 Å². The van der Waals surface area contributed by atoms with Crippen LogP contribution in [0.2, 0.25) is 5.02 Å². The van der Waals surface area contributed by atoms with Crippen molar-refractivity contribution in [3.63, 3.8) is 0 Å². The van der Waals surface area contributed by atoms with Gasteiger partial charge >= 0.3 is 0 Å². The van der Waals surface area contributed by atoms with E-state index < -0.39 is 0 Å². The fraction of sp³-hybridized carbons (Fsp3) is 0.385. The summed E-state index contributed by atoms with van der Waals surface area (Å²) in [7, 11) is 0. The van der Waals surface area contributed by atoms with Crippen LogP contribution in [0.25, 0.3) is 0 Å². The maximum absolute atomic E-state index is 11.8. The molecule has 1 aromatic rings. The summed E-state index contributed by atoms with van der Waals surface area (Å²) < 4.78 is 0. The average Bonchev–Trinajstić information content (AvgIpc) is 2.69. The number of hydrazone groups is 1. The second-order valence-corrected chi connectivity index (χ2v) is 4.56. The lowest BCUT2D eigenvalue weighted by molar-refractivity contribution is -0.116. The number of carbonyl (C=O) groups is 1. The van der Waals surface area contributed by atoms with Gasteiger partial charge in [-0.3, -0.25) is 4.79 Å². The van der Waals surface area contributed by atoms with E-state index in [1.54, 1.807) is 12.1 Å². The summed E-state index contributed by atoms with van der Waals surface area (Å²) in [6.07, 6.45) is 3.56. The number of halogens is 1. The Kier molecular flexibility index (Phi) is 3.79. The highest BCUT2D eigenvalue weighted by molar-refractivity contribution is 6.30. The van der Waals surface area contributed by atoms with Crippen LogP contribution >= 0.6 is 11.6 Å². The fourth-order valence-corrected chi connectivity index (χ4v) is 1.91. The van der Waals surface area contributed by atoms with Gasteiger partial charge in [-0.05, 0) is 37.1 Å². The van der Waals surface area contributed by atoms with E-state index >= 15 is 0 Å². The van der Waals surface area contributed by atoms with Crippen molar-refractivity contribution in [3.8, 4) is 0 Å². The van der Waals surface area contributed by atoms with Crippen molar-refractivity contribution in [2.75, 3.05) is 5.01 Å². The van der Waals surface area contributed by atoms with Crippen molar-refractivity contribution in [2.24, 2.45) is 5.10 Å². The lowest BCUT2D eigenvalue weighted by Crippen LogP contribution is -2.19. The number of unbranched alkanes of at least 4 members (excludes halogenated alkanes) is 1. The molecule has 1 aliphatic heterocycles. The van der Waals surface area contributed by atoms with Crippen molar-refractivity contribution in [1.82, 2.24) is 0 Å². The van der Waals surface area contributed by atoms with Crippen LogP contribution < -0.4 is 5.01 Å². The van der Waals surface area contributed by atoms with E-state index in [4.69, 9.17) is 11.6 Å². The van der Waals surface area contributed by atoms with Crippen LogP contribution in [0.1, 0.15) is 32.6 Å². The molecule has 1 heterocycles. The zero-order valence-corrected chi connectivity index (χ0v) is 10.6. The van der Waals surface area contributed by atoms with E-state index in [0.29, 0.717) is 11.4 Å². The van der Waals surface area contributed by atoms with Gasteiger partial charge in [-0.15, -0.1) is 0 Å². The van der Waals surface area contributed by atoms with Gasteiger partial charge in [-0.25, -0.2) is 5.01 Å². The molecule has 2 rings (SSSR count). The summed E-state index contributed by atoms with van der Waals surface area (Å²) >= 11 is 5.81. The number of hydrogen-bond acceptors (Lipinski definition) is 2. The zero-order chi connectivity index (χ0) is 12.3. The SMILES string of the molecule is CCCCC1=NN(c2ccc(Cl)cc2)C(=O)C1. The summed E-state index contributed by atoms with van der Waals surface area (Å²) in [5.41, 5.74) is 1.76. The molecule has 0 bridgehead atoms. The van der Waals surface area contributed by atoms with E-state index in [2.05, 4.69) is 12.0 Å². The minimum Gasteiger partial charge on any atom is -0.272 e. The molecular weight excluding hydrogens is 236 g/mol. The molecule has 0 aliphatic carbocycles. The van der Waals surface area contributed by atoms with Crippen molar-refractivity contribution >= 4 is 28.9 Å². The second-order valence-electron chi connectivity index (χ2n) is 4.13. The van der Waals surface area contributed by atoms with E-state index in [1.807, 2.05) is 12.1 Å². The highest BCUT2D eigenvalue weighted by atomic mass is 35.5. The number of nitrogens with zero attached hydrogens (tertiary/aromatic N) is 2. The third-order valence-electron chi connectivity index (χ3n) is 2.72. The Bertz CT molecular complexity index is 439. The number of carbonyl (C=O) groups excluding carboxylic acids is 1. The maximum atomic E-state index is 11.8. The number of benzene rings is 1. The third-order valence-corrected chi connectivity index (χ3v) is 2.98. The first-order valence-electron chi connectivity index (χ1n) is 5.85. The van der Waals surface area contributed by atoms with Crippen LogP contribution in [0, 0.1) is 0 Å². The Labute approximate surface area is 106 Å². The van der Waals surface area contributed by atoms with Crippen LogP contribution in [0.5, 0.6) is 0 Å². The third kappa shape index (κ3) is 2.86. The lowest BCUT2D eigenvalue weighted by atomic mass is 10.1. The van der Waals surface area contributed by atoms with Crippen LogP contribution in [0.15, 0.2) is 29.4 Å². The van der Waals surface area contributed by atoms with Crippen LogP contribution in [-0.4, -0.2) is 11.6 Å². The summed E-state index contributed by atoms with van der Waals surface area (Å²) in [6.45, 7) is 2.13. The Balaban J connectivity index is 2.13. The van der Waals surface area contributed by atoms with E-state index in [0.717, 1.165) is 30.7 Å². The average molecular weight is 251 g/mol. The molecule has 0 aromatic heterocycles. The minimum absolute atomic E-state index is 0.0402. The van der Waals surface area contributed by atoms with E-state index in [-0.39, 0.29) is 5.91 Å². The topological polar surface area (TPSA) is 32.7 Å². The summed E-state index contributed by atoms with van der Waals surface area (Å²) in [5, 5.41) is 6.50. The molecule has 4 heteroatoms. The van der Waals surface area contributed by atoms with Gasteiger partial charge in [-0.2, -0.15) is 5.10 Å². The molecule has 17 heavy (non-hydrogen) atoms. The van der Waals surface area contributed by atoms with Crippen LogP contribution in [-0.2, 0) is 4.79 Å². The van der Waals surface area contributed by atoms with Crippen molar-refractivity contribution < 1.29 is 4.79 Å². The molecule has 0 saturated carbocycles. The lowest BCUT2D eigenvalue weighted by Gasteiger charge is -2.11. The molecule has 0 spiro atoms. The largest absolute Gasteiger partial charge is 0.272 e. The second kappa shape index (κ2) is 5.32. The molecule has 0 radical (unpaired) electrons. The quantitative estimate of drug-likeness (QED) is 0.803. The van der Waals surface area contributed by atoms with E-state index in [1.165, 1.54) is 5.01 Å². The first-order chi connectivity index (χ1) is 8.20. The minimum atomic E-state index is 0.0402. The predicted octanol–water partition coefficient (Wildman–Crippen LogP) is 3.62. The smallest absolute Gasteiger partial charge is 0.253 e. The highest BCUT2D eigenvalue weighted by Crippen LogP contribution is 2.23. The first kappa shape index (κ1) is 12.1. The summed E-state index contributed by atoms with van der Waals surface area (Å²) in [4.78, 5) is 11.8. The zero-order valence-electron chi connectivity index (χ0n) is 9.82. The van der Waals surface area contributed by atoms with Gasteiger partial charge in [0.15, 0.2) is 0 Å². The first-order valence-corrected chi connectivity index (χ1v) is 6.23. The van der Waals surface area contributed by atoms with Gasteiger partial charge < -0.3 is 0 Å². The molecule has 0 N–H and O–H groups in total. The number of hydrogen-bond donors (Lipinski definition) is 0. The van der Waals surface area contributed by atoms with Crippen LogP contribution in [0.4, 0.5) is 5.69 Å². The number of amides is 1. The molecular formula is C13H15ClN2O. The molecule has 1 aromatic carbocycles. The molecule has 0 saturated heterocycles. The molecule has 1 amide bonds. The molecule has 1 aliphatic rings. The van der Waals surface area contributed by atoms with Gasteiger partial charge in [0.05, 0.1) is 12.1 Å². The highest BCUT2D eigenvalue weighted by Gasteiger charge is 2.24. The monoisotopic (exact) mass is 250 g/mol. The molecule has 0 unspecified atom stereocenters. The fourth-order valence-electron chi connectivity index (χ4n) is 1.79. The Morgan fingerprint density at radius 2 is 2.06 bits per heavy atom. The molecule has 3 nitrogen and oxygen atoms in total. The van der Waals surface area contributed by atoms with E-state index in [9.17, 15) is 4.79 Å². The van der Waals surface area contributed by atoms with Gasteiger partial charge in [0.25, 0.3) is 5.91 Å². The normalized spacial score (nSPS) is 15.3. The Morgan fingerprint density at radius 1 is 1.35 bits per heavy atom. The summed E-state index contributed by atoms with van der Waals surface area (Å²) in [6, 6.07) is 7.16. The van der Waals surface area contributed by atoms with Crippen LogP contribution in [0.3, 0.4) is 0 Å².